The molecule has 33 heavy (non-hydrogen) atoms. The maximum atomic E-state index is 12.8. The second-order valence-corrected chi connectivity index (χ2v) is 8.96. The molecule has 0 aromatic heterocycles. The van der Waals surface area contributed by atoms with Crippen LogP contribution in [0.15, 0.2) is 35.2 Å². The van der Waals surface area contributed by atoms with Gasteiger partial charge in [0.25, 0.3) is 0 Å². The van der Waals surface area contributed by atoms with E-state index in [0.717, 1.165) is 6.07 Å². The first kappa shape index (κ1) is 26.4. The average molecular weight is 500 g/mol. The van der Waals surface area contributed by atoms with Crippen LogP contribution in [-0.2, 0) is 14.8 Å². The highest BCUT2D eigenvalue weighted by Gasteiger charge is 2.26. The van der Waals surface area contributed by atoms with Gasteiger partial charge in [0.15, 0.2) is 18.1 Å². The zero-order valence-electron chi connectivity index (χ0n) is 19.0. The molecular formula is C22H26ClNO8S. The van der Waals surface area contributed by atoms with Gasteiger partial charge in [0.1, 0.15) is 4.90 Å². The molecule has 0 aliphatic heterocycles. The maximum absolute atomic E-state index is 12.8. The van der Waals surface area contributed by atoms with E-state index in [0.29, 0.717) is 5.75 Å². The Hall–Kier alpha value is -2.82. The maximum Gasteiger partial charge on any atom is 0.338 e. The lowest BCUT2D eigenvalue weighted by molar-refractivity contribution is 0.0474. The molecule has 0 unspecified atom stereocenters. The molecule has 0 fully saturated rings. The van der Waals surface area contributed by atoms with Crippen LogP contribution in [0, 0.1) is 0 Å². The first-order valence-corrected chi connectivity index (χ1v) is 11.8. The summed E-state index contributed by atoms with van der Waals surface area (Å²) in [5, 5.41) is -0.0213. The molecule has 0 atom stereocenters. The number of sulfonamides is 1. The number of methoxy groups -OCH3 is 3. The van der Waals surface area contributed by atoms with Gasteiger partial charge in [-0.15, -0.1) is 0 Å². The largest absolute Gasteiger partial charge is 0.493 e. The number of hydrogen-bond acceptors (Lipinski definition) is 8. The van der Waals surface area contributed by atoms with Crippen LogP contribution in [0.4, 0.5) is 0 Å². The van der Waals surface area contributed by atoms with Crippen molar-refractivity contribution in [2.45, 2.75) is 18.7 Å². The van der Waals surface area contributed by atoms with Gasteiger partial charge in [0.05, 0.1) is 31.9 Å². The molecule has 0 radical (unpaired) electrons. The minimum Gasteiger partial charge on any atom is -0.493 e. The number of carbonyl (C=O) groups is 2. The Morgan fingerprint density at radius 3 is 1.97 bits per heavy atom. The molecule has 0 spiro atoms. The van der Waals surface area contributed by atoms with Gasteiger partial charge in [0, 0.05) is 18.7 Å². The predicted octanol–water partition coefficient (Wildman–Crippen LogP) is 3.44. The fourth-order valence-corrected chi connectivity index (χ4v) is 5.03. The topological polar surface area (TPSA) is 108 Å². The molecule has 11 heteroatoms. The number of ether oxygens (including phenoxy) is 4. The summed E-state index contributed by atoms with van der Waals surface area (Å²) in [4.78, 5) is 24.9. The molecule has 0 N–H and O–H groups in total. The number of esters is 1. The van der Waals surface area contributed by atoms with Crippen molar-refractivity contribution < 1.29 is 37.0 Å². The molecule has 2 aromatic rings. The summed E-state index contributed by atoms with van der Waals surface area (Å²) >= 11 is 6.09. The van der Waals surface area contributed by atoms with E-state index in [-0.39, 0.29) is 45.6 Å². The molecule has 0 saturated heterocycles. The molecule has 9 nitrogen and oxygen atoms in total. The van der Waals surface area contributed by atoms with E-state index in [9.17, 15) is 18.0 Å². The minimum atomic E-state index is -3.90. The lowest BCUT2D eigenvalue weighted by atomic mass is 10.1. The van der Waals surface area contributed by atoms with Gasteiger partial charge in [0.2, 0.25) is 21.6 Å². The summed E-state index contributed by atoms with van der Waals surface area (Å²) in [6, 6.07) is 6.65. The third kappa shape index (κ3) is 5.76. The fourth-order valence-electron chi connectivity index (χ4n) is 3.07. The second kappa shape index (κ2) is 11.4. The number of nitrogens with zero attached hydrogens (tertiary/aromatic N) is 1. The van der Waals surface area contributed by atoms with Crippen molar-refractivity contribution in [1.82, 2.24) is 4.31 Å². The number of rotatable bonds is 11. The van der Waals surface area contributed by atoms with Crippen molar-refractivity contribution >= 4 is 33.4 Å². The summed E-state index contributed by atoms with van der Waals surface area (Å²) in [5.41, 5.74) is 0.126. The van der Waals surface area contributed by atoms with Gasteiger partial charge in [-0.3, -0.25) is 4.79 Å². The van der Waals surface area contributed by atoms with E-state index in [2.05, 4.69) is 0 Å². The lowest BCUT2D eigenvalue weighted by Crippen LogP contribution is -2.31. The Balaban J connectivity index is 2.24. The highest BCUT2D eigenvalue weighted by atomic mass is 35.5. The average Bonchev–Trinajstić information content (AvgIpc) is 2.81. The summed E-state index contributed by atoms with van der Waals surface area (Å²) in [6.45, 7) is 3.29. The smallest absolute Gasteiger partial charge is 0.338 e. The van der Waals surface area contributed by atoms with Gasteiger partial charge in [-0.05, 0) is 30.3 Å². The van der Waals surface area contributed by atoms with Crippen LogP contribution in [-0.4, -0.2) is 65.5 Å². The van der Waals surface area contributed by atoms with Crippen LogP contribution in [0.5, 0.6) is 17.2 Å². The van der Waals surface area contributed by atoms with Crippen LogP contribution in [0.3, 0.4) is 0 Å². The monoisotopic (exact) mass is 499 g/mol. The number of halogens is 1. The molecule has 2 rings (SSSR count). The number of Topliss-reactive ketones (excluding diaryl/α,β-unsaturated/α-hetero) is 1. The Labute approximate surface area is 198 Å². The Morgan fingerprint density at radius 2 is 1.48 bits per heavy atom. The van der Waals surface area contributed by atoms with Gasteiger partial charge in [-0.25, -0.2) is 13.2 Å². The molecular weight excluding hydrogens is 474 g/mol. The number of hydrogen-bond donors (Lipinski definition) is 0. The molecule has 0 bridgehead atoms. The van der Waals surface area contributed by atoms with Crippen molar-refractivity contribution in [3.8, 4) is 17.2 Å². The zero-order valence-corrected chi connectivity index (χ0v) is 20.6. The molecule has 0 saturated carbocycles. The molecule has 0 aliphatic rings. The van der Waals surface area contributed by atoms with E-state index < -0.39 is 28.4 Å². The summed E-state index contributed by atoms with van der Waals surface area (Å²) < 4.78 is 47.6. The number of benzene rings is 2. The van der Waals surface area contributed by atoms with Crippen LogP contribution < -0.4 is 14.2 Å². The van der Waals surface area contributed by atoms with Gasteiger partial charge in [-0.1, -0.05) is 25.4 Å². The molecule has 2 aromatic carbocycles. The van der Waals surface area contributed by atoms with Crippen LogP contribution >= 0.6 is 11.6 Å². The quantitative estimate of drug-likeness (QED) is 0.342. The zero-order chi connectivity index (χ0) is 24.8. The Morgan fingerprint density at radius 1 is 0.909 bits per heavy atom. The lowest BCUT2D eigenvalue weighted by Gasteiger charge is -2.19. The van der Waals surface area contributed by atoms with Gasteiger partial charge < -0.3 is 18.9 Å². The van der Waals surface area contributed by atoms with Crippen molar-refractivity contribution in [2.75, 3.05) is 41.0 Å². The highest BCUT2D eigenvalue weighted by Crippen LogP contribution is 2.38. The van der Waals surface area contributed by atoms with E-state index >= 15 is 0 Å². The van der Waals surface area contributed by atoms with Crippen molar-refractivity contribution in [3.05, 3.63) is 46.5 Å². The minimum absolute atomic E-state index is 0.0213. The summed E-state index contributed by atoms with van der Waals surface area (Å²) in [7, 11) is 0.363. The van der Waals surface area contributed by atoms with Crippen molar-refractivity contribution in [2.24, 2.45) is 0 Å². The van der Waals surface area contributed by atoms with Crippen LogP contribution in [0.2, 0.25) is 5.02 Å². The van der Waals surface area contributed by atoms with E-state index in [1.54, 1.807) is 13.8 Å². The third-order valence-corrected chi connectivity index (χ3v) is 7.34. The van der Waals surface area contributed by atoms with Crippen LogP contribution in [0.1, 0.15) is 34.6 Å². The normalized spacial score (nSPS) is 11.2. The fraction of sp³-hybridized carbons (Fsp3) is 0.364. The number of carbonyl (C=O) groups excluding carboxylic acids is 2. The third-order valence-electron chi connectivity index (χ3n) is 4.81. The van der Waals surface area contributed by atoms with Gasteiger partial charge >= 0.3 is 5.97 Å². The van der Waals surface area contributed by atoms with Crippen LogP contribution in [0.25, 0.3) is 0 Å². The second-order valence-electron chi connectivity index (χ2n) is 6.65. The van der Waals surface area contributed by atoms with E-state index in [1.165, 1.54) is 49.9 Å². The molecule has 0 aliphatic carbocycles. The summed E-state index contributed by atoms with van der Waals surface area (Å²) in [6.07, 6.45) is 0. The standard InChI is InChI=1S/C22H26ClNO8S/c1-6-24(7-2)33(27,28)20-12-14(8-9-16(20)23)22(26)32-13-17(25)15-10-18(29-3)21(31-5)19(11-15)30-4/h8-12H,6-7,13H2,1-5H3. The van der Waals surface area contributed by atoms with Crippen molar-refractivity contribution in [1.29, 1.82) is 0 Å². The first-order chi connectivity index (χ1) is 15.6. The van der Waals surface area contributed by atoms with E-state index in [1.807, 2.05) is 0 Å². The molecule has 180 valence electrons. The van der Waals surface area contributed by atoms with E-state index in [4.69, 9.17) is 30.5 Å². The Bertz CT molecular complexity index is 1100. The van der Waals surface area contributed by atoms with Gasteiger partial charge in [-0.2, -0.15) is 4.31 Å². The summed E-state index contributed by atoms with van der Waals surface area (Å²) in [5.74, 6) is -0.529. The first-order valence-electron chi connectivity index (χ1n) is 9.94. The Kier molecular flexibility index (Phi) is 9.09. The molecule has 0 heterocycles. The highest BCUT2D eigenvalue weighted by molar-refractivity contribution is 7.89. The number of ketones is 1. The molecule has 0 amide bonds. The van der Waals surface area contributed by atoms with Crippen molar-refractivity contribution in [3.63, 3.8) is 0 Å². The SMILES string of the molecule is CCN(CC)S(=O)(=O)c1cc(C(=O)OCC(=O)c2cc(OC)c(OC)c(OC)c2)ccc1Cl. The predicted molar refractivity (Wildman–Crippen MR) is 122 cm³/mol.